The molecule has 1 rings (SSSR count). The summed E-state index contributed by atoms with van der Waals surface area (Å²) in [5, 5.41) is 3.44. The lowest BCUT2D eigenvalue weighted by atomic mass is 9.77. The van der Waals surface area contributed by atoms with E-state index >= 15 is 0 Å². The lowest BCUT2D eigenvalue weighted by molar-refractivity contribution is -0.115. The first kappa shape index (κ1) is 12.9. The highest BCUT2D eigenvalue weighted by Gasteiger charge is 2.37. The Bertz CT molecular complexity index is 158. The summed E-state index contributed by atoms with van der Waals surface area (Å²) in [6.07, 6.45) is 6.13. The molecule has 0 aromatic heterocycles. The Morgan fingerprint density at radius 2 is 2.00 bits per heavy atom. The van der Waals surface area contributed by atoms with Crippen LogP contribution in [-0.4, -0.2) is 39.0 Å². The van der Waals surface area contributed by atoms with Crippen LogP contribution in [0, 0.1) is 0 Å². The molecule has 0 spiro atoms. The van der Waals surface area contributed by atoms with E-state index in [1.807, 2.05) is 0 Å². The molecule has 1 fully saturated rings. The molecule has 3 heteroatoms. The number of nitrogens with one attached hydrogen (secondary N) is 1. The molecule has 0 saturated heterocycles. The van der Waals surface area contributed by atoms with E-state index in [2.05, 4.69) is 12.2 Å². The second-order valence-electron chi connectivity index (χ2n) is 4.38. The van der Waals surface area contributed by atoms with E-state index in [-0.39, 0.29) is 5.60 Å². The van der Waals surface area contributed by atoms with Gasteiger partial charge in [-0.15, -0.1) is 0 Å². The molecule has 0 aromatic carbocycles. The number of hydrogen-bond acceptors (Lipinski definition) is 3. The molecule has 0 heterocycles. The fourth-order valence-electron chi connectivity index (χ4n) is 2.00. The molecule has 0 unspecified atom stereocenters. The van der Waals surface area contributed by atoms with Crippen molar-refractivity contribution in [1.29, 1.82) is 0 Å². The number of ether oxygens (including phenoxy) is 2. The average Bonchev–Trinajstić information content (AvgIpc) is 2.19. The molecule has 3 nitrogen and oxygen atoms in total. The van der Waals surface area contributed by atoms with Gasteiger partial charge in [0.05, 0.1) is 18.8 Å². The fourth-order valence-corrected chi connectivity index (χ4v) is 2.00. The van der Waals surface area contributed by atoms with Crippen molar-refractivity contribution >= 4 is 0 Å². The molecule has 0 amide bonds. The van der Waals surface area contributed by atoms with Gasteiger partial charge in [-0.05, 0) is 45.2 Å². The fraction of sp³-hybridized carbons (Fsp3) is 1.00. The van der Waals surface area contributed by atoms with Crippen molar-refractivity contribution in [1.82, 2.24) is 5.32 Å². The third kappa shape index (κ3) is 4.49. The van der Waals surface area contributed by atoms with Gasteiger partial charge in [0.15, 0.2) is 0 Å². The zero-order valence-electron chi connectivity index (χ0n) is 10.2. The second kappa shape index (κ2) is 7.20. The van der Waals surface area contributed by atoms with E-state index in [9.17, 15) is 0 Å². The van der Waals surface area contributed by atoms with Crippen molar-refractivity contribution < 1.29 is 9.47 Å². The van der Waals surface area contributed by atoms with Gasteiger partial charge in [0.2, 0.25) is 0 Å². The summed E-state index contributed by atoms with van der Waals surface area (Å²) in [7, 11) is 1.72. The standard InChI is InChI=1S/C12H25NO2/c1-3-8-13-9-7-12(5-4-6-12)15-11-10-14-2/h13H,3-11H2,1-2H3. The minimum Gasteiger partial charge on any atom is -0.382 e. The monoisotopic (exact) mass is 215 g/mol. The van der Waals surface area contributed by atoms with Crippen molar-refractivity contribution in [3.8, 4) is 0 Å². The Morgan fingerprint density at radius 1 is 1.20 bits per heavy atom. The Labute approximate surface area is 93.5 Å². The average molecular weight is 215 g/mol. The van der Waals surface area contributed by atoms with Gasteiger partial charge in [0, 0.05) is 7.11 Å². The lowest BCUT2D eigenvalue weighted by Gasteiger charge is -2.42. The summed E-state index contributed by atoms with van der Waals surface area (Å²) in [6.45, 7) is 5.85. The minimum absolute atomic E-state index is 0.180. The van der Waals surface area contributed by atoms with Gasteiger partial charge in [0.1, 0.15) is 0 Å². The topological polar surface area (TPSA) is 30.5 Å². The molecule has 0 atom stereocenters. The minimum atomic E-state index is 0.180. The van der Waals surface area contributed by atoms with Crippen LogP contribution in [0.3, 0.4) is 0 Å². The van der Waals surface area contributed by atoms with Crippen molar-refractivity contribution in [2.24, 2.45) is 0 Å². The second-order valence-corrected chi connectivity index (χ2v) is 4.38. The molecule has 15 heavy (non-hydrogen) atoms. The molecule has 1 aliphatic carbocycles. The molecule has 1 saturated carbocycles. The summed E-state index contributed by atoms with van der Waals surface area (Å²) in [4.78, 5) is 0. The Balaban J connectivity index is 2.09. The normalized spacial score (nSPS) is 18.8. The zero-order valence-corrected chi connectivity index (χ0v) is 10.2. The van der Waals surface area contributed by atoms with Gasteiger partial charge in [0.25, 0.3) is 0 Å². The molecule has 1 N–H and O–H groups in total. The maximum absolute atomic E-state index is 5.92. The number of rotatable bonds is 9. The number of methoxy groups -OCH3 is 1. The molecular weight excluding hydrogens is 190 g/mol. The first-order valence-electron chi connectivity index (χ1n) is 6.16. The van der Waals surface area contributed by atoms with Crippen LogP contribution in [0.25, 0.3) is 0 Å². The van der Waals surface area contributed by atoms with Gasteiger partial charge >= 0.3 is 0 Å². The molecule has 0 radical (unpaired) electrons. The third-order valence-electron chi connectivity index (χ3n) is 3.14. The summed E-state index contributed by atoms with van der Waals surface area (Å²) >= 11 is 0. The van der Waals surface area contributed by atoms with E-state index in [0.29, 0.717) is 6.61 Å². The van der Waals surface area contributed by atoms with Crippen LogP contribution in [0.4, 0.5) is 0 Å². The SMILES string of the molecule is CCCNCCC1(OCCOC)CCC1. The van der Waals surface area contributed by atoms with Gasteiger partial charge in [-0.1, -0.05) is 6.92 Å². The van der Waals surface area contributed by atoms with Crippen LogP contribution in [0.1, 0.15) is 39.0 Å². The van der Waals surface area contributed by atoms with E-state index in [1.165, 1.54) is 25.7 Å². The molecule has 0 aromatic rings. The quantitative estimate of drug-likeness (QED) is 0.596. The van der Waals surface area contributed by atoms with Gasteiger partial charge in [-0.2, -0.15) is 0 Å². The summed E-state index contributed by atoms with van der Waals surface area (Å²) in [5.41, 5.74) is 0.180. The Hall–Kier alpha value is -0.120. The van der Waals surface area contributed by atoms with Crippen molar-refractivity contribution in [3.05, 3.63) is 0 Å². The highest BCUT2D eigenvalue weighted by molar-refractivity contribution is 4.90. The van der Waals surface area contributed by atoms with Gasteiger partial charge in [-0.3, -0.25) is 0 Å². The van der Waals surface area contributed by atoms with Gasteiger partial charge in [-0.25, -0.2) is 0 Å². The van der Waals surface area contributed by atoms with Crippen molar-refractivity contribution in [2.75, 3.05) is 33.4 Å². The smallest absolute Gasteiger partial charge is 0.0707 e. The van der Waals surface area contributed by atoms with Crippen LogP contribution >= 0.6 is 0 Å². The van der Waals surface area contributed by atoms with E-state index in [1.54, 1.807) is 7.11 Å². The van der Waals surface area contributed by atoms with Crippen LogP contribution in [0.5, 0.6) is 0 Å². The predicted octanol–water partition coefficient (Wildman–Crippen LogP) is 1.96. The third-order valence-corrected chi connectivity index (χ3v) is 3.14. The first-order chi connectivity index (χ1) is 7.33. The summed E-state index contributed by atoms with van der Waals surface area (Å²) in [6, 6.07) is 0. The van der Waals surface area contributed by atoms with Crippen LogP contribution in [0.2, 0.25) is 0 Å². The zero-order chi connectivity index (χ0) is 11.0. The highest BCUT2D eigenvalue weighted by Crippen LogP contribution is 2.38. The maximum Gasteiger partial charge on any atom is 0.0707 e. The predicted molar refractivity (Wildman–Crippen MR) is 62.2 cm³/mol. The maximum atomic E-state index is 5.92. The van der Waals surface area contributed by atoms with Crippen LogP contribution in [0.15, 0.2) is 0 Å². The number of hydrogen-bond donors (Lipinski definition) is 1. The molecule has 90 valence electrons. The first-order valence-corrected chi connectivity index (χ1v) is 6.16. The molecular formula is C12H25NO2. The molecule has 0 bridgehead atoms. The van der Waals surface area contributed by atoms with E-state index in [0.717, 1.165) is 26.1 Å². The summed E-state index contributed by atoms with van der Waals surface area (Å²) < 4.78 is 10.9. The van der Waals surface area contributed by atoms with Crippen molar-refractivity contribution in [3.63, 3.8) is 0 Å². The Kier molecular flexibility index (Phi) is 6.22. The van der Waals surface area contributed by atoms with Crippen molar-refractivity contribution in [2.45, 2.75) is 44.6 Å². The van der Waals surface area contributed by atoms with E-state index in [4.69, 9.17) is 9.47 Å². The Morgan fingerprint density at radius 3 is 2.53 bits per heavy atom. The molecule has 1 aliphatic rings. The largest absolute Gasteiger partial charge is 0.382 e. The van der Waals surface area contributed by atoms with Gasteiger partial charge < -0.3 is 14.8 Å². The highest BCUT2D eigenvalue weighted by atomic mass is 16.5. The van der Waals surface area contributed by atoms with Crippen LogP contribution < -0.4 is 5.32 Å². The summed E-state index contributed by atoms with van der Waals surface area (Å²) in [5.74, 6) is 0. The van der Waals surface area contributed by atoms with E-state index < -0.39 is 0 Å². The molecule has 0 aliphatic heterocycles. The van der Waals surface area contributed by atoms with Crippen LogP contribution in [-0.2, 0) is 9.47 Å². The lowest BCUT2D eigenvalue weighted by Crippen LogP contribution is -2.43.